The molecular weight excluding hydrogens is 406 g/mol. The van der Waals surface area contributed by atoms with E-state index < -0.39 is 5.79 Å². The second kappa shape index (κ2) is 8.43. The van der Waals surface area contributed by atoms with Crippen molar-refractivity contribution in [3.63, 3.8) is 0 Å². The van der Waals surface area contributed by atoms with Crippen LogP contribution in [0.5, 0.6) is 5.75 Å². The highest BCUT2D eigenvalue weighted by Gasteiger charge is 2.41. The molecule has 2 aromatic carbocycles. The maximum absolute atomic E-state index is 8.98. The molecule has 5 heteroatoms. The largest absolute Gasteiger partial charge is 0.494 e. The highest BCUT2D eigenvalue weighted by atomic mass is 79.9. The molecule has 0 atom stereocenters. The Balaban J connectivity index is 1.65. The molecule has 3 rings (SSSR count). The van der Waals surface area contributed by atoms with Crippen molar-refractivity contribution in [3.05, 3.63) is 64.1 Å². The van der Waals surface area contributed by atoms with E-state index in [-0.39, 0.29) is 5.41 Å². The first-order valence-electron chi connectivity index (χ1n) is 9.09. The van der Waals surface area contributed by atoms with Gasteiger partial charge < -0.3 is 14.2 Å². The lowest BCUT2D eigenvalue weighted by atomic mass is 9.92. The summed E-state index contributed by atoms with van der Waals surface area (Å²) in [6.45, 7) is 6.11. The Hall–Kier alpha value is -1.87. The third kappa shape index (κ3) is 5.10. The zero-order valence-corrected chi connectivity index (χ0v) is 17.3. The molecular formula is C22H24BrNO3. The topological polar surface area (TPSA) is 51.5 Å². The maximum Gasteiger partial charge on any atom is 0.194 e. The van der Waals surface area contributed by atoms with Gasteiger partial charge in [0.1, 0.15) is 5.75 Å². The van der Waals surface area contributed by atoms with Gasteiger partial charge in [-0.15, -0.1) is 0 Å². The van der Waals surface area contributed by atoms with Crippen LogP contribution in [0.2, 0.25) is 0 Å². The maximum atomic E-state index is 8.98. The molecule has 0 bridgehead atoms. The molecule has 1 fully saturated rings. The van der Waals surface area contributed by atoms with Crippen LogP contribution in [-0.2, 0) is 15.3 Å². The Morgan fingerprint density at radius 2 is 1.81 bits per heavy atom. The minimum atomic E-state index is -0.742. The second-order valence-corrected chi connectivity index (χ2v) is 8.51. The number of ether oxygens (including phenoxy) is 3. The minimum Gasteiger partial charge on any atom is -0.494 e. The van der Waals surface area contributed by atoms with Crippen LogP contribution in [0.4, 0.5) is 0 Å². The predicted molar refractivity (Wildman–Crippen MR) is 107 cm³/mol. The summed E-state index contributed by atoms with van der Waals surface area (Å²) in [5.74, 6) is -0.0352. The van der Waals surface area contributed by atoms with Crippen LogP contribution >= 0.6 is 15.9 Å². The van der Waals surface area contributed by atoms with Gasteiger partial charge in [-0.3, -0.25) is 0 Å². The van der Waals surface area contributed by atoms with Crippen molar-refractivity contribution in [3.8, 4) is 11.8 Å². The molecule has 0 unspecified atom stereocenters. The second-order valence-electron chi connectivity index (χ2n) is 7.59. The summed E-state index contributed by atoms with van der Waals surface area (Å²) >= 11 is 3.48. The van der Waals surface area contributed by atoms with Crippen LogP contribution < -0.4 is 4.74 Å². The Morgan fingerprint density at radius 1 is 1.11 bits per heavy atom. The predicted octanol–water partition coefficient (Wildman–Crippen LogP) is 5.41. The standard InChI is InChI=1S/C22H24BrNO3/c1-21(2)15-26-22(27-16-21,18-7-9-19(23)10-8-18)11-4-12-25-20-6-3-5-17(13-20)14-24/h3,5-10,13H,4,11-12,15-16H2,1-2H3. The molecule has 27 heavy (non-hydrogen) atoms. The SMILES string of the molecule is CC1(C)COC(CCCOc2cccc(C#N)c2)(c2ccc(Br)cc2)OC1. The normalized spacial score (nSPS) is 17.9. The van der Waals surface area contributed by atoms with Gasteiger partial charge in [-0.2, -0.15) is 5.26 Å². The number of nitriles is 1. The molecule has 0 spiro atoms. The summed E-state index contributed by atoms with van der Waals surface area (Å²) in [7, 11) is 0. The van der Waals surface area contributed by atoms with Crippen molar-refractivity contribution in [2.45, 2.75) is 32.5 Å². The van der Waals surface area contributed by atoms with Crippen molar-refractivity contribution >= 4 is 15.9 Å². The van der Waals surface area contributed by atoms with E-state index in [9.17, 15) is 0 Å². The molecule has 0 radical (unpaired) electrons. The van der Waals surface area contributed by atoms with E-state index >= 15 is 0 Å². The minimum absolute atomic E-state index is 0.00704. The average Bonchev–Trinajstić information content (AvgIpc) is 2.67. The van der Waals surface area contributed by atoms with E-state index in [2.05, 4.69) is 35.8 Å². The van der Waals surface area contributed by atoms with Crippen LogP contribution in [0.1, 0.15) is 37.8 Å². The number of rotatable bonds is 6. The number of benzene rings is 2. The molecule has 0 saturated carbocycles. The monoisotopic (exact) mass is 429 g/mol. The molecule has 1 aliphatic heterocycles. The van der Waals surface area contributed by atoms with Gasteiger partial charge in [-0.1, -0.05) is 48.0 Å². The van der Waals surface area contributed by atoms with Crippen LogP contribution in [0.15, 0.2) is 53.0 Å². The Morgan fingerprint density at radius 3 is 2.48 bits per heavy atom. The average molecular weight is 430 g/mol. The van der Waals surface area contributed by atoms with E-state index in [0.717, 1.165) is 16.5 Å². The lowest BCUT2D eigenvalue weighted by molar-refractivity contribution is -0.311. The lowest BCUT2D eigenvalue weighted by Crippen LogP contribution is -2.45. The van der Waals surface area contributed by atoms with Gasteiger partial charge in [0.25, 0.3) is 0 Å². The van der Waals surface area contributed by atoms with Crippen molar-refractivity contribution < 1.29 is 14.2 Å². The first-order valence-corrected chi connectivity index (χ1v) is 9.89. The molecule has 2 aromatic rings. The highest BCUT2D eigenvalue weighted by molar-refractivity contribution is 9.10. The molecule has 142 valence electrons. The summed E-state index contributed by atoms with van der Waals surface area (Å²) in [4.78, 5) is 0. The van der Waals surface area contributed by atoms with Crippen molar-refractivity contribution in [2.24, 2.45) is 5.41 Å². The molecule has 1 heterocycles. The third-order valence-corrected chi connectivity index (χ3v) is 5.09. The van der Waals surface area contributed by atoms with E-state index in [1.54, 1.807) is 12.1 Å². The van der Waals surface area contributed by atoms with Gasteiger partial charge in [-0.05, 0) is 36.8 Å². The van der Waals surface area contributed by atoms with E-state index in [1.807, 2.05) is 36.4 Å². The quantitative estimate of drug-likeness (QED) is 0.576. The zero-order chi connectivity index (χ0) is 19.3. The molecule has 4 nitrogen and oxygen atoms in total. The van der Waals surface area contributed by atoms with Gasteiger partial charge in [0.05, 0.1) is 31.5 Å². The van der Waals surface area contributed by atoms with Crippen LogP contribution in [0.3, 0.4) is 0 Å². The molecule has 1 aliphatic rings. The Labute approximate surface area is 169 Å². The summed E-state index contributed by atoms with van der Waals surface area (Å²) in [5, 5.41) is 8.98. The zero-order valence-electron chi connectivity index (χ0n) is 15.7. The van der Waals surface area contributed by atoms with Crippen LogP contribution in [0, 0.1) is 16.7 Å². The molecule has 1 saturated heterocycles. The summed E-state index contributed by atoms with van der Waals surface area (Å²) in [6, 6.07) is 17.4. The fourth-order valence-electron chi connectivity index (χ4n) is 3.02. The van der Waals surface area contributed by atoms with Crippen molar-refractivity contribution in [1.82, 2.24) is 0 Å². The Kier molecular flexibility index (Phi) is 6.21. The number of halogens is 1. The fraction of sp³-hybridized carbons (Fsp3) is 0.409. The number of hydrogen-bond donors (Lipinski definition) is 0. The van der Waals surface area contributed by atoms with E-state index in [4.69, 9.17) is 19.5 Å². The van der Waals surface area contributed by atoms with Crippen LogP contribution in [-0.4, -0.2) is 19.8 Å². The first kappa shape index (κ1) is 19.9. The van der Waals surface area contributed by atoms with E-state index in [0.29, 0.717) is 37.6 Å². The van der Waals surface area contributed by atoms with Gasteiger partial charge in [0.15, 0.2) is 5.79 Å². The summed E-state index contributed by atoms with van der Waals surface area (Å²) in [5.41, 5.74) is 1.63. The highest BCUT2D eigenvalue weighted by Crippen LogP contribution is 2.40. The first-order chi connectivity index (χ1) is 12.9. The Bertz CT molecular complexity index is 801. The van der Waals surface area contributed by atoms with Crippen molar-refractivity contribution in [2.75, 3.05) is 19.8 Å². The van der Waals surface area contributed by atoms with Crippen molar-refractivity contribution in [1.29, 1.82) is 5.26 Å². The smallest absolute Gasteiger partial charge is 0.194 e. The summed E-state index contributed by atoms with van der Waals surface area (Å²) in [6.07, 6.45) is 1.47. The van der Waals surface area contributed by atoms with Gasteiger partial charge >= 0.3 is 0 Å². The van der Waals surface area contributed by atoms with E-state index in [1.165, 1.54) is 0 Å². The van der Waals surface area contributed by atoms with Gasteiger partial charge in [0, 0.05) is 21.9 Å². The molecule has 0 amide bonds. The molecule has 0 aromatic heterocycles. The molecule has 0 N–H and O–H groups in total. The van der Waals surface area contributed by atoms with Gasteiger partial charge in [0.2, 0.25) is 0 Å². The molecule has 0 aliphatic carbocycles. The lowest BCUT2D eigenvalue weighted by Gasteiger charge is -2.44. The number of nitrogens with zero attached hydrogens (tertiary/aromatic N) is 1. The fourth-order valence-corrected chi connectivity index (χ4v) is 3.28. The third-order valence-electron chi connectivity index (χ3n) is 4.56. The number of hydrogen-bond acceptors (Lipinski definition) is 4. The van der Waals surface area contributed by atoms with Gasteiger partial charge in [-0.25, -0.2) is 0 Å². The van der Waals surface area contributed by atoms with Crippen LogP contribution in [0.25, 0.3) is 0 Å². The summed E-state index contributed by atoms with van der Waals surface area (Å²) < 4.78 is 19.4.